The van der Waals surface area contributed by atoms with Crippen LogP contribution in [0.3, 0.4) is 0 Å². The summed E-state index contributed by atoms with van der Waals surface area (Å²) in [5.74, 6) is -0.731. The largest absolute Gasteiger partial charge is 0.493 e. The Morgan fingerprint density at radius 2 is 2.11 bits per heavy atom. The van der Waals surface area contributed by atoms with Crippen LogP contribution in [0.1, 0.15) is 13.3 Å². The number of fused-ring (bicyclic) bond motifs is 1. The fourth-order valence-electron chi connectivity index (χ4n) is 1.61. The number of carbonyl (C=O) groups is 1. The molecule has 0 aliphatic heterocycles. The Balaban J connectivity index is 2.05. The lowest BCUT2D eigenvalue weighted by atomic mass is 10.1. The first-order valence-corrected chi connectivity index (χ1v) is 5.96. The third-order valence-electron chi connectivity index (χ3n) is 2.84. The van der Waals surface area contributed by atoms with Crippen molar-refractivity contribution in [1.29, 1.82) is 0 Å². The van der Waals surface area contributed by atoms with Gasteiger partial charge in [-0.3, -0.25) is 4.79 Å². The number of carboxylic acid groups (broad SMARTS) is 1. The smallest absolute Gasteiger partial charge is 0.336 e. The van der Waals surface area contributed by atoms with Crippen molar-refractivity contribution in [3.63, 3.8) is 0 Å². The van der Waals surface area contributed by atoms with Gasteiger partial charge in [-0.25, -0.2) is 4.79 Å². The van der Waals surface area contributed by atoms with Gasteiger partial charge in [-0.05, 0) is 24.6 Å². The molecule has 0 aliphatic rings. The molecule has 1 unspecified atom stereocenters. The van der Waals surface area contributed by atoms with Gasteiger partial charge in [-0.1, -0.05) is 6.92 Å². The van der Waals surface area contributed by atoms with Gasteiger partial charge < -0.3 is 14.3 Å². The van der Waals surface area contributed by atoms with Gasteiger partial charge in [0, 0.05) is 17.5 Å². The Morgan fingerprint density at radius 3 is 2.84 bits per heavy atom. The maximum Gasteiger partial charge on any atom is 0.336 e. The molecule has 1 aromatic heterocycles. The number of hydrogen-bond donors (Lipinski definition) is 1. The zero-order valence-corrected chi connectivity index (χ0v) is 10.5. The molecule has 5 heteroatoms. The maximum atomic E-state index is 11.1. The molecule has 1 atom stereocenters. The topological polar surface area (TPSA) is 76.7 Å². The van der Waals surface area contributed by atoms with Gasteiger partial charge in [0.2, 0.25) is 0 Å². The number of benzene rings is 1. The molecule has 1 N–H and O–H groups in total. The number of carboxylic acids is 1. The molecule has 0 saturated carbocycles. The summed E-state index contributed by atoms with van der Waals surface area (Å²) in [7, 11) is 0. The zero-order chi connectivity index (χ0) is 13.8. The number of rotatable bonds is 5. The van der Waals surface area contributed by atoms with E-state index in [1.165, 1.54) is 6.07 Å². The van der Waals surface area contributed by atoms with Gasteiger partial charge in [-0.15, -0.1) is 0 Å². The average Bonchev–Trinajstić information content (AvgIpc) is 2.38. The second kappa shape index (κ2) is 5.56. The highest BCUT2D eigenvalue weighted by Crippen LogP contribution is 2.19. The Bertz CT molecular complexity index is 644. The van der Waals surface area contributed by atoms with Gasteiger partial charge in [-0.2, -0.15) is 0 Å². The Morgan fingerprint density at radius 1 is 1.37 bits per heavy atom. The first kappa shape index (κ1) is 13.1. The predicted molar refractivity (Wildman–Crippen MR) is 69.4 cm³/mol. The van der Waals surface area contributed by atoms with Crippen LogP contribution in [0.15, 0.2) is 39.5 Å². The minimum atomic E-state index is -0.840. The monoisotopic (exact) mass is 262 g/mol. The SMILES string of the molecule is CC(CCOc1ccc2ccc(=O)oc2c1)C(=O)O. The molecule has 100 valence electrons. The van der Waals surface area contributed by atoms with Gasteiger partial charge in [0.25, 0.3) is 0 Å². The van der Waals surface area contributed by atoms with Crippen LogP contribution in [0.5, 0.6) is 5.75 Å². The van der Waals surface area contributed by atoms with Crippen LogP contribution in [-0.4, -0.2) is 17.7 Å². The highest BCUT2D eigenvalue weighted by Gasteiger charge is 2.10. The molecular weight excluding hydrogens is 248 g/mol. The van der Waals surface area contributed by atoms with Crippen molar-refractivity contribution in [2.75, 3.05) is 6.61 Å². The molecule has 0 aliphatic carbocycles. The molecule has 0 saturated heterocycles. The molecule has 0 amide bonds. The molecular formula is C14H14O5. The Hall–Kier alpha value is -2.30. The highest BCUT2D eigenvalue weighted by molar-refractivity contribution is 5.77. The molecule has 5 nitrogen and oxygen atoms in total. The van der Waals surface area contributed by atoms with E-state index >= 15 is 0 Å². The van der Waals surface area contributed by atoms with Crippen LogP contribution in [0.25, 0.3) is 11.0 Å². The lowest BCUT2D eigenvalue weighted by molar-refractivity contribution is -0.141. The van der Waals surface area contributed by atoms with Gasteiger partial charge in [0.1, 0.15) is 11.3 Å². The Kier molecular flexibility index (Phi) is 3.85. The van der Waals surface area contributed by atoms with Crippen molar-refractivity contribution >= 4 is 16.9 Å². The first-order chi connectivity index (χ1) is 9.06. The first-order valence-electron chi connectivity index (χ1n) is 5.96. The van der Waals surface area contributed by atoms with Gasteiger partial charge in [0.05, 0.1) is 12.5 Å². The fraction of sp³-hybridized carbons (Fsp3) is 0.286. The lowest BCUT2D eigenvalue weighted by Crippen LogP contribution is -2.13. The number of hydrogen-bond acceptors (Lipinski definition) is 4. The predicted octanol–water partition coefficient (Wildman–Crippen LogP) is 2.28. The van der Waals surface area contributed by atoms with Crippen LogP contribution in [0.4, 0.5) is 0 Å². The van der Waals surface area contributed by atoms with E-state index in [4.69, 9.17) is 14.3 Å². The Labute approximate surface area is 109 Å². The maximum absolute atomic E-state index is 11.1. The molecule has 0 bridgehead atoms. The zero-order valence-electron chi connectivity index (χ0n) is 10.5. The van der Waals surface area contributed by atoms with Crippen molar-refractivity contribution in [1.82, 2.24) is 0 Å². The van der Waals surface area contributed by atoms with E-state index in [2.05, 4.69) is 0 Å². The van der Waals surface area contributed by atoms with E-state index < -0.39 is 17.5 Å². The van der Waals surface area contributed by atoms with Crippen molar-refractivity contribution in [3.8, 4) is 5.75 Å². The van der Waals surface area contributed by atoms with Crippen molar-refractivity contribution in [2.24, 2.45) is 5.92 Å². The second-order valence-corrected chi connectivity index (χ2v) is 4.33. The van der Waals surface area contributed by atoms with E-state index in [9.17, 15) is 9.59 Å². The van der Waals surface area contributed by atoms with Crippen LogP contribution in [-0.2, 0) is 4.79 Å². The third-order valence-corrected chi connectivity index (χ3v) is 2.84. The summed E-state index contributed by atoms with van der Waals surface area (Å²) >= 11 is 0. The van der Waals surface area contributed by atoms with Gasteiger partial charge in [0.15, 0.2) is 0 Å². The number of aliphatic carboxylic acids is 1. The van der Waals surface area contributed by atoms with E-state index in [1.807, 2.05) is 0 Å². The molecule has 2 rings (SSSR count). The molecule has 1 aromatic carbocycles. The summed E-state index contributed by atoms with van der Waals surface area (Å²) in [6.45, 7) is 1.93. The molecule has 0 radical (unpaired) electrons. The number of ether oxygens (including phenoxy) is 1. The summed E-state index contributed by atoms with van der Waals surface area (Å²) in [6.07, 6.45) is 0.423. The lowest BCUT2D eigenvalue weighted by Gasteiger charge is -2.08. The summed E-state index contributed by atoms with van der Waals surface area (Å²) < 4.78 is 10.5. The molecule has 0 spiro atoms. The average molecular weight is 262 g/mol. The quantitative estimate of drug-likeness (QED) is 0.836. The summed E-state index contributed by atoms with van der Waals surface area (Å²) in [5, 5.41) is 9.56. The molecule has 2 aromatic rings. The van der Waals surface area contributed by atoms with E-state index in [-0.39, 0.29) is 0 Å². The van der Waals surface area contributed by atoms with Crippen molar-refractivity contribution < 1.29 is 19.1 Å². The fourth-order valence-corrected chi connectivity index (χ4v) is 1.61. The molecule has 19 heavy (non-hydrogen) atoms. The van der Waals surface area contributed by atoms with Crippen LogP contribution in [0.2, 0.25) is 0 Å². The minimum absolute atomic E-state index is 0.302. The standard InChI is InChI=1S/C14H14O5/c1-9(14(16)17)6-7-18-11-4-2-10-3-5-13(15)19-12(10)8-11/h2-5,8-9H,6-7H2,1H3,(H,16,17). The molecule has 1 heterocycles. The summed E-state index contributed by atoms with van der Waals surface area (Å²) in [6, 6.07) is 8.21. The van der Waals surface area contributed by atoms with Crippen molar-refractivity contribution in [3.05, 3.63) is 40.8 Å². The third kappa shape index (κ3) is 3.34. The van der Waals surface area contributed by atoms with E-state index in [1.54, 1.807) is 31.2 Å². The van der Waals surface area contributed by atoms with E-state index in [0.717, 1.165) is 5.39 Å². The van der Waals surface area contributed by atoms with Crippen LogP contribution < -0.4 is 10.4 Å². The molecule has 0 fully saturated rings. The normalized spacial score (nSPS) is 12.3. The van der Waals surface area contributed by atoms with Crippen LogP contribution in [0, 0.1) is 5.92 Å². The van der Waals surface area contributed by atoms with E-state index in [0.29, 0.717) is 24.4 Å². The summed E-state index contributed by atoms with van der Waals surface area (Å²) in [4.78, 5) is 21.7. The minimum Gasteiger partial charge on any atom is -0.493 e. The summed E-state index contributed by atoms with van der Waals surface area (Å²) in [5.41, 5.74) is 0.0421. The van der Waals surface area contributed by atoms with Crippen molar-refractivity contribution in [2.45, 2.75) is 13.3 Å². The highest BCUT2D eigenvalue weighted by atomic mass is 16.5. The van der Waals surface area contributed by atoms with Gasteiger partial charge >= 0.3 is 11.6 Å². The van der Waals surface area contributed by atoms with Crippen LogP contribution >= 0.6 is 0 Å². The second-order valence-electron chi connectivity index (χ2n) is 4.33.